The topological polar surface area (TPSA) is 49.0 Å². The minimum Gasteiger partial charge on any atom is -0.346 e. The molecule has 0 aliphatic heterocycles. The van der Waals surface area contributed by atoms with Gasteiger partial charge in [-0.05, 0) is 31.7 Å². The zero-order valence-electron chi connectivity index (χ0n) is 14.7. The molecule has 1 aromatic heterocycles. The fourth-order valence-electron chi connectivity index (χ4n) is 3.51. The highest BCUT2D eigenvalue weighted by atomic mass is 16.2. The number of unbranched alkanes of at least 4 members (excludes halogenated alkanes) is 1. The minimum atomic E-state index is 0.0814. The molecule has 0 saturated carbocycles. The van der Waals surface area contributed by atoms with Gasteiger partial charge in [-0.15, -0.1) is 0 Å². The van der Waals surface area contributed by atoms with E-state index in [0.717, 1.165) is 55.9 Å². The Morgan fingerprint density at radius 3 is 2.88 bits per heavy atom. The maximum atomic E-state index is 13.1. The first-order chi connectivity index (χ1) is 11.7. The van der Waals surface area contributed by atoms with Gasteiger partial charge < -0.3 is 9.88 Å². The van der Waals surface area contributed by atoms with Crippen LogP contribution in [0.4, 0.5) is 0 Å². The van der Waals surface area contributed by atoms with Gasteiger partial charge in [-0.2, -0.15) is 0 Å². The highest BCUT2D eigenvalue weighted by Gasteiger charge is 2.29. The first-order valence-corrected chi connectivity index (χ1v) is 9.04. The highest BCUT2D eigenvalue weighted by Crippen LogP contribution is 2.26. The van der Waals surface area contributed by atoms with E-state index in [0.29, 0.717) is 12.5 Å². The highest BCUT2D eigenvalue weighted by molar-refractivity contribution is 5.79. The van der Waals surface area contributed by atoms with E-state index in [-0.39, 0.29) is 5.92 Å². The van der Waals surface area contributed by atoms with Crippen LogP contribution in [0, 0.1) is 12.8 Å². The molecule has 24 heavy (non-hydrogen) atoms. The molecule has 2 aromatic rings. The lowest BCUT2D eigenvalue weighted by atomic mass is 9.88. The minimum absolute atomic E-state index is 0.0814. The summed E-state index contributed by atoms with van der Waals surface area (Å²) in [6, 6.07) is 10.3. The molecular formula is C20H27N3O. The van der Waals surface area contributed by atoms with Crippen molar-refractivity contribution in [3.63, 3.8) is 0 Å². The number of aromatic amines is 1. The number of H-pyrrole nitrogens is 1. The number of imidazole rings is 1. The number of aryl methyl sites for hydroxylation is 2. The molecule has 1 atom stereocenters. The van der Waals surface area contributed by atoms with Crippen LogP contribution in [0.5, 0.6) is 0 Å². The molecule has 4 heteroatoms. The summed E-state index contributed by atoms with van der Waals surface area (Å²) in [6.45, 7) is 5.71. The third-order valence-corrected chi connectivity index (χ3v) is 4.82. The molecule has 1 amide bonds. The standard InChI is InChI=1S/C20H27N3O/c1-3-4-12-23(14-16-8-6-5-7-9-16)20(24)17-10-11-18-19(13-17)22-15(2)21-18/h5-9,17H,3-4,10-14H2,1-2H3,(H,21,22). The second-order valence-corrected chi connectivity index (χ2v) is 6.79. The zero-order chi connectivity index (χ0) is 16.9. The van der Waals surface area contributed by atoms with Crippen LogP contribution in [0.25, 0.3) is 0 Å². The third kappa shape index (κ3) is 3.86. The van der Waals surface area contributed by atoms with Crippen molar-refractivity contribution in [3.05, 3.63) is 53.1 Å². The fourth-order valence-corrected chi connectivity index (χ4v) is 3.51. The Morgan fingerprint density at radius 1 is 1.33 bits per heavy atom. The Hall–Kier alpha value is -2.10. The summed E-state index contributed by atoms with van der Waals surface area (Å²) in [5, 5.41) is 0. The number of aromatic nitrogens is 2. The Labute approximate surface area is 144 Å². The smallest absolute Gasteiger partial charge is 0.226 e. The van der Waals surface area contributed by atoms with E-state index in [1.165, 1.54) is 5.56 Å². The molecule has 128 valence electrons. The van der Waals surface area contributed by atoms with Gasteiger partial charge in [0.1, 0.15) is 5.82 Å². The van der Waals surface area contributed by atoms with Crippen LogP contribution in [0.3, 0.4) is 0 Å². The van der Waals surface area contributed by atoms with Gasteiger partial charge in [-0.25, -0.2) is 4.98 Å². The average molecular weight is 325 g/mol. The number of hydrogen-bond acceptors (Lipinski definition) is 2. The number of carbonyl (C=O) groups is 1. The predicted octanol–water partition coefficient (Wildman–Crippen LogP) is 3.65. The first kappa shape index (κ1) is 16.7. The van der Waals surface area contributed by atoms with E-state index in [4.69, 9.17) is 0 Å². The van der Waals surface area contributed by atoms with Gasteiger partial charge in [0, 0.05) is 31.1 Å². The van der Waals surface area contributed by atoms with E-state index in [2.05, 4.69) is 33.9 Å². The normalized spacial score (nSPS) is 16.7. The number of carbonyl (C=O) groups excluding carboxylic acids is 1. The van der Waals surface area contributed by atoms with Crippen LogP contribution in [-0.2, 0) is 24.2 Å². The van der Waals surface area contributed by atoms with Crippen LogP contribution in [-0.4, -0.2) is 27.3 Å². The molecule has 0 saturated heterocycles. The van der Waals surface area contributed by atoms with Crippen molar-refractivity contribution >= 4 is 5.91 Å². The molecule has 1 aliphatic carbocycles. The van der Waals surface area contributed by atoms with Crippen molar-refractivity contribution in [1.82, 2.24) is 14.9 Å². The summed E-state index contributed by atoms with van der Waals surface area (Å²) in [4.78, 5) is 23.0. The SMILES string of the molecule is CCCCN(Cc1ccccc1)C(=O)C1CCc2nc(C)[nH]c2C1. The molecule has 3 rings (SSSR count). The molecule has 0 radical (unpaired) electrons. The van der Waals surface area contributed by atoms with Crippen LogP contribution < -0.4 is 0 Å². The Bertz CT molecular complexity index is 677. The molecule has 1 unspecified atom stereocenters. The van der Waals surface area contributed by atoms with Gasteiger partial charge >= 0.3 is 0 Å². The quantitative estimate of drug-likeness (QED) is 0.881. The number of fused-ring (bicyclic) bond motifs is 1. The van der Waals surface area contributed by atoms with Gasteiger partial charge in [0.2, 0.25) is 5.91 Å². The Morgan fingerprint density at radius 2 is 2.12 bits per heavy atom. The Balaban J connectivity index is 1.71. The van der Waals surface area contributed by atoms with Gasteiger partial charge in [-0.1, -0.05) is 43.7 Å². The van der Waals surface area contributed by atoms with Gasteiger partial charge in [0.05, 0.1) is 5.69 Å². The number of nitrogens with one attached hydrogen (secondary N) is 1. The molecular weight excluding hydrogens is 298 g/mol. The molecule has 0 bridgehead atoms. The van der Waals surface area contributed by atoms with E-state index < -0.39 is 0 Å². The molecule has 1 aromatic carbocycles. The van der Waals surface area contributed by atoms with E-state index in [1.54, 1.807) is 0 Å². The summed E-state index contributed by atoms with van der Waals surface area (Å²) < 4.78 is 0. The summed E-state index contributed by atoms with van der Waals surface area (Å²) in [6.07, 6.45) is 4.77. The monoisotopic (exact) mass is 325 g/mol. The largest absolute Gasteiger partial charge is 0.346 e. The number of benzene rings is 1. The van der Waals surface area contributed by atoms with Crippen molar-refractivity contribution in [2.24, 2.45) is 5.92 Å². The third-order valence-electron chi connectivity index (χ3n) is 4.82. The van der Waals surface area contributed by atoms with E-state index >= 15 is 0 Å². The van der Waals surface area contributed by atoms with Crippen LogP contribution >= 0.6 is 0 Å². The number of amides is 1. The van der Waals surface area contributed by atoms with Crippen molar-refractivity contribution < 1.29 is 4.79 Å². The van der Waals surface area contributed by atoms with Gasteiger partial charge in [-0.3, -0.25) is 4.79 Å². The molecule has 1 aliphatic rings. The molecule has 0 fully saturated rings. The fraction of sp³-hybridized carbons (Fsp3) is 0.500. The van der Waals surface area contributed by atoms with E-state index in [1.807, 2.05) is 25.1 Å². The molecule has 4 nitrogen and oxygen atoms in total. The summed E-state index contributed by atoms with van der Waals surface area (Å²) in [5.41, 5.74) is 3.52. The lowest BCUT2D eigenvalue weighted by Crippen LogP contribution is -2.38. The number of hydrogen-bond donors (Lipinski definition) is 1. The van der Waals surface area contributed by atoms with Crippen molar-refractivity contribution in [2.75, 3.05) is 6.54 Å². The molecule has 1 N–H and O–H groups in total. The van der Waals surface area contributed by atoms with Crippen molar-refractivity contribution in [2.45, 2.75) is 52.5 Å². The summed E-state index contributed by atoms with van der Waals surface area (Å²) in [5.74, 6) is 1.34. The van der Waals surface area contributed by atoms with Crippen molar-refractivity contribution in [3.8, 4) is 0 Å². The average Bonchev–Trinajstić information content (AvgIpc) is 2.98. The Kier molecular flexibility index (Phi) is 5.34. The maximum absolute atomic E-state index is 13.1. The second-order valence-electron chi connectivity index (χ2n) is 6.79. The van der Waals surface area contributed by atoms with E-state index in [9.17, 15) is 4.79 Å². The van der Waals surface area contributed by atoms with Gasteiger partial charge in [0.25, 0.3) is 0 Å². The maximum Gasteiger partial charge on any atom is 0.226 e. The molecule has 1 heterocycles. The number of nitrogens with zero attached hydrogens (tertiary/aromatic N) is 2. The molecule has 0 spiro atoms. The van der Waals surface area contributed by atoms with Crippen molar-refractivity contribution in [1.29, 1.82) is 0 Å². The van der Waals surface area contributed by atoms with Crippen LogP contribution in [0.15, 0.2) is 30.3 Å². The zero-order valence-corrected chi connectivity index (χ0v) is 14.7. The van der Waals surface area contributed by atoms with Crippen LogP contribution in [0.1, 0.15) is 49.0 Å². The lowest BCUT2D eigenvalue weighted by Gasteiger charge is -2.29. The predicted molar refractivity (Wildman–Crippen MR) is 95.6 cm³/mol. The van der Waals surface area contributed by atoms with Crippen LogP contribution in [0.2, 0.25) is 0 Å². The first-order valence-electron chi connectivity index (χ1n) is 9.04. The second kappa shape index (κ2) is 7.65. The number of rotatable bonds is 6. The van der Waals surface area contributed by atoms with Gasteiger partial charge in [0.15, 0.2) is 0 Å². The lowest BCUT2D eigenvalue weighted by molar-refractivity contribution is -0.136. The summed E-state index contributed by atoms with van der Waals surface area (Å²) in [7, 11) is 0. The summed E-state index contributed by atoms with van der Waals surface area (Å²) >= 11 is 0.